The molecule has 0 spiro atoms. The van der Waals surface area contributed by atoms with Crippen molar-refractivity contribution >= 4 is 10.0 Å². The second-order valence-corrected chi connectivity index (χ2v) is 12.6. The Morgan fingerprint density at radius 1 is 0.719 bits per heavy atom. The van der Waals surface area contributed by atoms with E-state index in [0.29, 0.717) is 12.3 Å². The van der Waals surface area contributed by atoms with E-state index < -0.39 is 10.0 Å². The maximum absolute atomic E-state index is 12.5. The number of quaternary nitrogens is 1. The molecule has 0 atom stereocenters. The number of nitrogens with zero attached hydrogens (tertiary/aromatic N) is 2. The molecule has 4 nitrogen and oxygen atoms in total. The van der Waals surface area contributed by atoms with Gasteiger partial charge in [-0.15, -0.1) is 0 Å². The van der Waals surface area contributed by atoms with Gasteiger partial charge in [0.2, 0.25) is 10.0 Å². The zero-order valence-electron chi connectivity index (χ0n) is 22.3. The summed E-state index contributed by atoms with van der Waals surface area (Å²) in [7, 11) is 2.95. The summed E-state index contributed by atoms with van der Waals surface area (Å²) in [4.78, 5) is 0. The van der Waals surface area contributed by atoms with Crippen molar-refractivity contribution in [3.05, 3.63) is 12.7 Å². The highest BCUT2D eigenvalue weighted by Gasteiger charge is 2.19. The Morgan fingerprint density at radius 2 is 1.12 bits per heavy atom. The molecule has 5 heteroatoms. The fraction of sp³-hybridized carbons (Fsp3) is 0.926. The molecule has 0 aromatic rings. The first-order valence-electron chi connectivity index (χ1n) is 13.6. The van der Waals surface area contributed by atoms with Gasteiger partial charge in [-0.3, -0.25) is 0 Å². The molecule has 0 bridgehead atoms. The maximum atomic E-state index is 12.5. The van der Waals surface area contributed by atoms with Crippen molar-refractivity contribution in [1.29, 1.82) is 0 Å². The molecule has 0 amide bonds. The van der Waals surface area contributed by atoms with Gasteiger partial charge in [0.05, 0.1) is 32.9 Å². The standard InChI is InChI=1S/C27H57N2O2S/c1-6-8-9-10-11-12-13-14-15-16-17-18-19-20-21-22-27-32(30,31)28(3)24-23-26-29(4,5)25-7-2/h7H,2,6,8-27H2,1,3-5H3/q+1. The number of sulfonamides is 1. The summed E-state index contributed by atoms with van der Waals surface area (Å²) in [6.07, 6.45) is 23.8. The smallest absolute Gasteiger partial charge is 0.213 e. The molecule has 0 unspecified atom stereocenters. The Hall–Kier alpha value is -0.390. The molecule has 0 heterocycles. The third-order valence-corrected chi connectivity index (χ3v) is 8.53. The van der Waals surface area contributed by atoms with Crippen LogP contribution in [0.4, 0.5) is 0 Å². The van der Waals surface area contributed by atoms with Crippen LogP contribution in [-0.2, 0) is 10.0 Å². The molecule has 0 N–H and O–H groups in total. The van der Waals surface area contributed by atoms with Crippen molar-refractivity contribution in [1.82, 2.24) is 4.31 Å². The van der Waals surface area contributed by atoms with Gasteiger partial charge < -0.3 is 4.48 Å². The van der Waals surface area contributed by atoms with Crippen LogP contribution in [0.3, 0.4) is 0 Å². The van der Waals surface area contributed by atoms with E-state index >= 15 is 0 Å². The quantitative estimate of drug-likeness (QED) is 0.0847. The molecule has 0 fully saturated rings. The Morgan fingerprint density at radius 3 is 1.53 bits per heavy atom. The number of likely N-dealkylation sites (N-methyl/N-ethyl adjacent to an activating group) is 1. The van der Waals surface area contributed by atoms with Crippen LogP contribution < -0.4 is 0 Å². The van der Waals surface area contributed by atoms with Crippen LogP contribution in [0, 0.1) is 0 Å². The van der Waals surface area contributed by atoms with Crippen LogP contribution in [0.1, 0.15) is 116 Å². The van der Waals surface area contributed by atoms with E-state index in [1.165, 1.54) is 89.9 Å². The summed E-state index contributed by atoms with van der Waals surface area (Å²) in [6, 6.07) is 0. The Balaban J connectivity index is 3.55. The molecule has 0 aliphatic carbocycles. The van der Waals surface area contributed by atoms with Crippen LogP contribution >= 0.6 is 0 Å². The predicted octanol–water partition coefficient (Wildman–Crippen LogP) is 7.16. The first kappa shape index (κ1) is 31.6. The third kappa shape index (κ3) is 19.1. The second-order valence-electron chi connectivity index (χ2n) is 10.4. The van der Waals surface area contributed by atoms with Gasteiger partial charge in [-0.05, 0) is 12.5 Å². The Bertz CT molecular complexity index is 532. The number of hydrogen-bond acceptors (Lipinski definition) is 2. The second kappa shape index (κ2) is 20.0. The van der Waals surface area contributed by atoms with Gasteiger partial charge in [-0.2, -0.15) is 0 Å². The zero-order chi connectivity index (χ0) is 24.1. The van der Waals surface area contributed by atoms with Gasteiger partial charge in [0, 0.05) is 20.0 Å². The molecule has 0 saturated heterocycles. The molecule has 0 aromatic carbocycles. The van der Waals surface area contributed by atoms with Crippen molar-refractivity contribution in [3.8, 4) is 0 Å². The number of unbranched alkanes of at least 4 members (excludes halogenated alkanes) is 15. The van der Waals surface area contributed by atoms with Gasteiger partial charge in [-0.1, -0.05) is 110 Å². The maximum Gasteiger partial charge on any atom is 0.213 e. The summed E-state index contributed by atoms with van der Waals surface area (Å²) < 4.78 is 27.3. The minimum atomic E-state index is -3.10. The van der Waals surface area contributed by atoms with E-state index in [0.717, 1.165) is 36.8 Å². The van der Waals surface area contributed by atoms with Crippen molar-refractivity contribution in [3.63, 3.8) is 0 Å². The van der Waals surface area contributed by atoms with E-state index in [9.17, 15) is 8.42 Å². The predicted molar refractivity (Wildman–Crippen MR) is 143 cm³/mol. The average molecular weight is 474 g/mol. The van der Waals surface area contributed by atoms with E-state index in [2.05, 4.69) is 27.6 Å². The van der Waals surface area contributed by atoms with Crippen molar-refractivity contribution in [2.24, 2.45) is 0 Å². The SMILES string of the molecule is C=CC[N+](C)(C)CCCN(C)S(=O)(=O)CCCCCCCCCCCCCCCCCC. The number of hydrogen-bond donors (Lipinski definition) is 0. The van der Waals surface area contributed by atoms with Gasteiger partial charge >= 0.3 is 0 Å². The van der Waals surface area contributed by atoms with E-state index in [1.807, 2.05) is 6.08 Å². The molecular weight excluding hydrogens is 416 g/mol. The molecule has 0 saturated carbocycles. The van der Waals surface area contributed by atoms with Gasteiger partial charge in [0.25, 0.3) is 0 Å². The van der Waals surface area contributed by atoms with Crippen molar-refractivity contribution in [2.75, 3.05) is 46.5 Å². The highest BCUT2D eigenvalue weighted by molar-refractivity contribution is 7.89. The number of rotatable bonds is 24. The van der Waals surface area contributed by atoms with Crippen LogP contribution in [0.2, 0.25) is 0 Å². The lowest BCUT2D eigenvalue weighted by molar-refractivity contribution is -0.884. The fourth-order valence-electron chi connectivity index (χ4n) is 4.29. The minimum absolute atomic E-state index is 0.298. The zero-order valence-corrected chi connectivity index (χ0v) is 23.1. The first-order chi connectivity index (χ1) is 15.2. The monoisotopic (exact) mass is 473 g/mol. The topological polar surface area (TPSA) is 37.4 Å². The minimum Gasteiger partial charge on any atom is -0.325 e. The van der Waals surface area contributed by atoms with Crippen LogP contribution in [0.25, 0.3) is 0 Å². The average Bonchev–Trinajstić information content (AvgIpc) is 2.73. The highest BCUT2D eigenvalue weighted by Crippen LogP contribution is 2.14. The summed E-state index contributed by atoms with van der Waals surface area (Å²) >= 11 is 0. The van der Waals surface area contributed by atoms with E-state index in [4.69, 9.17) is 0 Å². The third-order valence-electron chi connectivity index (χ3n) is 6.59. The molecule has 0 aromatic heterocycles. The Labute approximate surface area is 202 Å². The normalized spacial score (nSPS) is 12.5. The first-order valence-corrected chi connectivity index (χ1v) is 15.2. The molecule has 32 heavy (non-hydrogen) atoms. The van der Waals surface area contributed by atoms with Crippen LogP contribution in [-0.4, -0.2) is 63.7 Å². The van der Waals surface area contributed by atoms with Crippen LogP contribution in [0.15, 0.2) is 12.7 Å². The molecule has 0 aliphatic rings. The highest BCUT2D eigenvalue weighted by atomic mass is 32.2. The van der Waals surface area contributed by atoms with Gasteiger partial charge in [-0.25, -0.2) is 12.7 Å². The summed E-state index contributed by atoms with van der Waals surface area (Å²) in [5.41, 5.74) is 0. The summed E-state index contributed by atoms with van der Waals surface area (Å²) in [5.74, 6) is 0.298. The summed E-state index contributed by atoms with van der Waals surface area (Å²) in [6.45, 7) is 8.56. The lowest BCUT2D eigenvalue weighted by Gasteiger charge is -2.29. The molecule has 0 radical (unpaired) electrons. The van der Waals surface area contributed by atoms with Crippen LogP contribution in [0.5, 0.6) is 0 Å². The van der Waals surface area contributed by atoms with Crippen molar-refractivity contribution < 1.29 is 12.9 Å². The lowest BCUT2D eigenvalue weighted by Crippen LogP contribution is -2.42. The Kier molecular flexibility index (Phi) is 19.8. The van der Waals surface area contributed by atoms with Crippen molar-refractivity contribution in [2.45, 2.75) is 116 Å². The van der Waals surface area contributed by atoms with E-state index in [-0.39, 0.29) is 0 Å². The summed E-state index contributed by atoms with van der Waals surface area (Å²) in [5, 5.41) is 0. The van der Waals surface area contributed by atoms with Gasteiger partial charge in [0.15, 0.2) is 0 Å². The lowest BCUT2D eigenvalue weighted by atomic mass is 10.0. The largest absolute Gasteiger partial charge is 0.325 e. The fourth-order valence-corrected chi connectivity index (χ4v) is 5.58. The molecule has 0 rings (SSSR count). The molecular formula is C27H57N2O2S+. The van der Waals surface area contributed by atoms with E-state index in [1.54, 1.807) is 11.4 Å². The molecule has 192 valence electrons. The van der Waals surface area contributed by atoms with Gasteiger partial charge in [0.1, 0.15) is 0 Å². The molecule has 0 aliphatic heterocycles.